The van der Waals surface area contributed by atoms with Crippen LogP contribution in [0.3, 0.4) is 0 Å². The average molecular weight is 684 g/mol. The lowest BCUT2D eigenvalue weighted by molar-refractivity contribution is 0.660. The number of nitrogens with zero attached hydrogens (tertiary/aromatic N) is 1. The Morgan fingerprint density at radius 3 is 2.19 bits per heavy atom. The van der Waals surface area contributed by atoms with Gasteiger partial charge in [-0.1, -0.05) is 129 Å². The summed E-state index contributed by atoms with van der Waals surface area (Å²) in [6.07, 6.45) is 0. The molecule has 2 aromatic heterocycles. The molecule has 0 atom stereocenters. The van der Waals surface area contributed by atoms with Crippen molar-refractivity contribution in [2.24, 2.45) is 0 Å². The van der Waals surface area contributed by atoms with Crippen molar-refractivity contribution in [2.75, 3.05) is 4.90 Å². The zero-order chi connectivity index (χ0) is 34.6. The topological polar surface area (TPSA) is 16.4 Å². The molecule has 8 aromatic carbocycles. The van der Waals surface area contributed by atoms with E-state index in [1.807, 2.05) is 11.3 Å². The second kappa shape index (κ2) is 10.9. The number of hydrogen-bond acceptors (Lipinski definition) is 3. The number of rotatable bonds is 4. The molecule has 2 heterocycles. The fraction of sp³-hybridized carbons (Fsp3) is 0.0612. The van der Waals surface area contributed by atoms with Crippen LogP contribution in [0, 0.1) is 0 Å². The largest absolute Gasteiger partial charge is 0.455 e. The van der Waals surface area contributed by atoms with E-state index in [4.69, 9.17) is 4.42 Å². The molecule has 0 fully saturated rings. The fourth-order valence-corrected chi connectivity index (χ4v) is 9.98. The predicted octanol–water partition coefficient (Wildman–Crippen LogP) is 14.6. The highest BCUT2D eigenvalue weighted by molar-refractivity contribution is 7.26. The summed E-state index contributed by atoms with van der Waals surface area (Å²) < 4.78 is 9.19. The van der Waals surface area contributed by atoms with E-state index in [2.05, 4.69) is 183 Å². The van der Waals surface area contributed by atoms with Gasteiger partial charge in [0.05, 0.1) is 10.4 Å². The van der Waals surface area contributed by atoms with Gasteiger partial charge in [-0.05, 0) is 87.3 Å². The van der Waals surface area contributed by atoms with Gasteiger partial charge in [0.2, 0.25) is 0 Å². The third-order valence-electron chi connectivity index (χ3n) is 11.3. The van der Waals surface area contributed by atoms with Crippen LogP contribution in [0.5, 0.6) is 0 Å². The van der Waals surface area contributed by atoms with Crippen molar-refractivity contribution in [3.05, 3.63) is 175 Å². The minimum absolute atomic E-state index is 0.110. The molecule has 10 aromatic rings. The van der Waals surface area contributed by atoms with Crippen LogP contribution >= 0.6 is 11.3 Å². The summed E-state index contributed by atoms with van der Waals surface area (Å²) in [5.74, 6) is 0. The number of benzene rings is 8. The lowest BCUT2D eigenvalue weighted by Crippen LogP contribution is -2.16. The van der Waals surface area contributed by atoms with Crippen LogP contribution < -0.4 is 4.90 Å². The van der Waals surface area contributed by atoms with Gasteiger partial charge in [-0.15, -0.1) is 11.3 Å². The van der Waals surface area contributed by atoms with Crippen molar-refractivity contribution in [1.82, 2.24) is 0 Å². The van der Waals surface area contributed by atoms with Gasteiger partial charge in [0, 0.05) is 48.4 Å². The Morgan fingerprint density at radius 1 is 0.519 bits per heavy atom. The van der Waals surface area contributed by atoms with Crippen LogP contribution in [0.4, 0.5) is 17.1 Å². The molecular weight excluding hydrogens is 651 g/mol. The predicted molar refractivity (Wildman–Crippen MR) is 222 cm³/mol. The van der Waals surface area contributed by atoms with Gasteiger partial charge in [-0.25, -0.2) is 0 Å². The number of furan rings is 1. The van der Waals surface area contributed by atoms with E-state index in [9.17, 15) is 0 Å². The Balaban J connectivity index is 1.15. The zero-order valence-corrected chi connectivity index (χ0v) is 29.7. The van der Waals surface area contributed by atoms with Crippen molar-refractivity contribution in [2.45, 2.75) is 19.3 Å². The van der Waals surface area contributed by atoms with Crippen LogP contribution in [-0.2, 0) is 5.41 Å². The molecule has 0 bridgehead atoms. The Hall–Kier alpha value is -6.16. The normalized spacial score (nSPS) is 13.3. The first-order chi connectivity index (χ1) is 25.5. The third-order valence-corrected chi connectivity index (χ3v) is 12.5. The van der Waals surface area contributed by atoms with E-state index in [0.717, 1.165) is 44.3 Å². The van der Waals surface area contributed by atoms with Crippen LogP contribution in [-0.4, -0.2) is 0 Å². The Kier molecular flexibility index (Phi) is 6.21. The molecule has 52 heavy (non-hydrogen) atoms. The van der Waals surface area contributed by atoms with Crippen LogP contribution in [0.25, 0.3) is 75.1 Å². The molecule has 246 valence electrons. The maximum Gasteiger partial charge on any atom is 0.143 e. The van der Waals surface area contributed by atoms with Gasteiger partial charge in [-0.3, -0.25) is 0 Å². The maximum absolute atomic E-state index is 6.60. The molecule has 3 heteroatoms. The Morgan fingerprint density at radius 2 is 1.25 bits per heavy atom. The van der Waals surface area contributed by atoms with Gasteiger partial charge < -0.3 is 9.32 Å². The first-order valence-corrected chi connectivity index (χ1v) is 18.7. The lowest BCUT2D eigenvalue weighted by Gasteiger charge is -2.29. The van der Waals surface area contributed by atoms with Gasteiger partial charge >= 0.3 is 0 Å². The smallest absolute Gasteiger partial charge is 0.143 e. The highest BCUT2D eigenvalue weighted by Crippen LogP contribution is 2.52. The summed E-state index contributed by atoms with van der Waals surface area (Å²) in [6.45, 7) is 4.72. The fourth-order valence-electron chi connectivity index (χ4n) is 8.77. The van der Waals surface area contributed by atoms with Gasteiger partial charge in [-0.2, -0.15) is 0 Å². The summed E-state index contributed by atoms with van der Waals surface area (Å²) in [4.78, 5) is 2.47. The highest BCUT2D eigenvalue weighted by Gasteiger charge is 2.36. The summed E-state index contributed by atoms with van der Waals surface area (Å²) in [6, 6.07) is 59.9. The van der Waals surface area contributed by atoms with Crippen molar-refractivity contribution in [1.29, 1.82) is 0 Å². The SMILES string of the molecule is CC1(C)c2ccccc2-c2ccc(N(c3cccc(-c4cccc5oc6c7ccccc7ccc6c45)c3)c3cccc4c3sc3ccccc34)cc21. The van der Waals surface area contributed by atoms with Gasteiger partial charge in [0.15, 0.2) is 0 Å². The highest BCUT2D eigenvalue weighted by atomic mass is 32.1. The molecule has 0 N–H and O–H groups in total. The molecular formula is C49H33NOS. The summed E-state index contributed by atoms with van der Waals surface area (Å²) in [5, 5.41) is 7.20. The molecule has 11 rings (SSSR count). The maximum atomic E-state index is 6.60. The van der Waals surface area contributed by atoms with Gasteiger partial charge in [0.1, 0.15) is 11.2 Å². The molecule has 0 saturated heterocycles. The summed E-state index contributed by atoms with van der Waals surface area (Å²) in [7, 11) is 0. The number of hydrogen-bond donors (Lipinski definition) is 0. The minimum Gasteiger partial charge on any atom is -0.455 e. The van der Waals surface area contributed by atoms with Crippen molar-refractivity contribution >= 4 is 81.3 Å². The molecule has 0 unspecified atom stereocenters. The number of anilines is 3. The van der Waals surface area contributed by atoms with Crippen LogP contribution in [0.2, 0.25) is 0 Å². The van der Waals surface area contributed by atoms with E-state index >= 15 is 0 Å². The molecule has 1 aliphatic rings. The van der Waals surface area contributed by atoms with E-state index < -0.39 is 0 Å². The van der Waals surface area contributed by atoms with E-state index in [1.165, 1.54) is 59.1 Å². The van der Waals surface area contributed by atoms with E-state index in [1.54, 1.807) is 0 Å². The molecule has 0 aliphatic heterocycles. The second-order valence-corrected chi connectivity index (χ2v) is 15.5. The van der Waals surface area contributed by atoms with Crippen molar-refractivity contribution in [3.8, 4) is 22.3 Å². The molecule has 0 radical (unpaired) electrons. The quantitative estimate of drug-likeness (QED) is 0.184. The van der Waals surface area contributed by atoms with Gasteiger partial charge in [0.25, 0.3) is 0 Å². The lowest BCUT2D eigenvalue weighted by atomic mass is 9.82. The molecule has 0 spiro atoms. The Bertz CT molecular complexity index is 3070. The Labute approximate surface area is 305 Å². The average Bonchev–Trinajstić information content (AvgIpc) is 3.84. The molecule has 1 aliphatic carbocycles. The molecule has 0 saturated carbocycles. The van der Waals surface area contributed by atoms with E-state index in [-0.39, 0.29) is 5.41 Å². The first kappa shape index (κ1) is 29.6. The summed E-state index contributed by atoms with van der Waals surface area (Å²) >= 11 is 1.87. The zero-order valence-electron chi connectivity index (χ0n) is 28.9. The standard InChI is InChI=1S/C49H33NOS/c1-49(2)41-20-7-5-16-36(41)37-27-25-33(29-42(37)49)50(43-21-10-19-39-38-17-6-8-23-45(38)52-48(39)43)32-14-9-13-31(28-32)34-18-11-22-44-46(34)40-26-24-30-12-3-4-15-35(30)47(40)51-44/h3-29H,1-2H3. The minimum atomic E-state index is -0.110. The monoisotopic (exact) mass is 683 g/mol. The van der Waals surface area contributed by atoms with Crippen LogP contribution in [0.15, 0.2) is 168 Å². The molecule has 0 amide bonds. The number of fused-ring (bicyclic) bond motifs is 11. The second-order valence-electron chi connectivity index (χ2n) is 14.5. The molecule has 2 nitrogen and oxygen atoms in total. The van der Waals surface area contributed by atoms with Crippen LogP contribution in [0.1, 0.15) is 25.0 Å². The van der Waals surface area contributed by atoms with Crippen molar-refractivity contribution in [3.63, 3.8) is 0 Å². The van der Waals surface area contributed by atoms with Crippen molar-refractivity contribution < 1.29 is 4.42 Å². The summed E-state index contributed by atoms with van der Waals surface area (Å²) in [5.41, 5.74) is 12.9. The third kappa shape index (κ3) is 4.17. The first-order valence-electron chi connectivity index (χ1n) is 17.9. The number of thiophene rings is 1. The van der Waals surface area contributed by atoms with E-state index in [0.29, 0.717) is 0 Å².